The zero-order valence-corrected chi connectivity index (χ0v) is 22.6. The molecule has 0 saturated carbocycles. The van der Waals surface area contributed by atoms with Gasteiger partial charge in [-0.15, -0.1) is 0 Å². The number of anilines is 1. The Kier molecular flexibility index (Phi) is 7.48. The maximum Gasteiger partial charge on any atom is 0.410 e. The molecule has 3 aromatic rings. The third-order valence-corrected chi connectivity index (χ3v) is 6.62. The van der Waals surface area contributed by atoms with Crippen LogP contribution in [0.1, 0.15) is 39.2 Å². The van der Waals surface area contributed by atoms with E-state index in [-0.39, 0.29) is 18.6 Å². The van der Waals surface area contributed by atoms with Gasteiger partial charge in [0.15, 0.2) is 6.61 Å². The van der Waals surface area contributed by atoms with Crippen molar-refractivity contribution >= 4 is 17.7 Å². The maximum absolute atomic E-state index is 12.4. The predicted molar refractivity (Wildman–Crippen MR) is 148 cm³/mol. The number of piperidine rings is 1. The Bertz CT molecular complexity index is 1330. The Morgan fingerprint density at radius 2 is 1.69 bits per heavy atom. The highest BCUT2D eigenvalue weighted by Gasteiger charge is 2.42. The van der Waals surface area contributed by atoms with Gasteiger partial charge in [0.1, 0.15) is 17.1 Å². The predicted octanol–water partition coefficient (Wildman–Crippen LogP) is 6.01. The normalized spacial score (nSPS) is 16.1. The number of hydrogen-bond acceptors (Lipinski definition) is 6. The van der Waals surface area contributed by atoms with Crippen LogP contribution in [0.5, 0.6) is 11.5 Å². The molecule has 2 amide bonds. The molecule has 1 N–H and O–H groups in total. The number of benzene rings is 3. The summed E-state index contributed by atoms with van der Waals surface area (Å²) < 4.78 is 23.8. The molecule has 0 unspecified atom stereocenters. The van der Waals surface area contributed by atoms with Crippen LogP contribution in [-0.4, -0.2) is 48.0 Å². The number of para-hydroxylation sites is 1. The van der Waals surface area contributed by atoms with Crippen molar-refractivity contribution in [2.45, 2.75) is 51.6 Å². The van der Waals surface area contributed by atoms with Crippen molar-refractivity contribution in [2.75, 3.05) is 25.0 Å². The summed E-state index contributed by atoms with van der Waals surface area (Å²) in [5.74, 6) is 0.444. The van der Waals surface area contributed by atoms with Crippen LogP contribution in [0, 0.1) is 0 Å². The van der Waals surface area contributed by atoms with Gasteiger partial charge in [0.2, 0.25) is 5.79 Å². The molecule has 1 spiro atoms. The minimum absolute atomic E-state index is 0.0857. The Morgan fingerprint density at radius 3 is 2.44 bits per heavy atom. The van der Waals surface area contributed by atoms with Crippen LogP contribution in [0.2, 0.25) is 0 Å². The number of hydrogen-bond donors (Lipinski definition) is 1. The van der Waals surface area contributed by atoms with Gasteiger partial charge in [0.25, 0.3) is 5.91 Å². The SMILES string of the molecule is CC(C)(C)OC(=O)N1CCC2(CC1)OCc1cc(-c3cccc(OCC(=O)Nc4ccccc4)c3)ccc1O2. The highest BCUT2D eigenvalue weighted by Crippen LogP contribution is 2.39. The fourth-order valence-electron chi connectivity index (χ4n) is 4.65. The molecule has 0 aliphatic carbocycles. The molecule has 2 aliphatic heterocycles. The van der Waals surface area contributed by atoms with Crippen molar-refractivity contribution < 1.29 is 28.5 Å². The third kappa shape index (κ3) is 6.70. The Labute approximate surface area is 228 Å². The molecule has 2 heterocycles. The highest BCUT2D eigenvalue weighted by molar-refractivity contribution is 5.91. The average molecular weight is 531 g/mol. The van der Waals surface area contributed by atoms with Gasteiger partial charge >= 0.3 is 6.09 Å². The number of ether oxygens (including phenoxy) is 4. The molecule has 0 aromatic heterocycles. The second-order valence-corrected chi connectivity index (χ2v) is 10.8. The van der Waals surface area contributed by atoms with Crippen LogP contribution in [-0.2, 0) is 20.9 Å². The second-order valence-electron chi connectivity index (χ2n) is 10.8. The molecule has 1 fully saturated rings. The van der Waals surface area contributed by atoms with E-state index in [9.17, 15) is 9.59 Å². The van der Waals surface area contributed by atoms with Gasteiger partial charge in [0.05, 0.1) is 6.61 Å². The molecule has 0 atom stereocenters. The summed E-state index contributed by atoms with van der Waals surface area (Å²) in [5.41, 5.74) is 3.12. The van der Waals surface area contributed by atoms with Crippen molar-refractivity contribution in [1.29, 1.82) is 0 Å². The number of nitrogens with zero attached hydrogens (tertiary/aromatic N) is 1. The zero-order valence-electron chi connectivity index (χ0n) is 22.6. The van der Waals surface area contributed by atoms with Crippen LogP contribution >= 0.6 is 0 Å². The lowest BCUT2D eigenvalue weighted by molar-refractivity contribution is -0.226. The van der Waals surface area contributed by atoms with Gasteiger partial charge in [-0.3, -0.25) is 4.79 Å². The molecule has 5 rings (SSSR count). The lowest BCUT2D eigenvalue weighted by atomic mass is 9.99. The topological polar surface area (TPSA) is 86.3 Å². The minimum Gasteiger partial charge on any atom is -0.484 e. The van der Waals surface area contributed by atoms with Crippen molar-refractivity contribution in [3.8, 4) is 22.6 Å². The van der Waals surface area contributed by atoms with Gasteiger partial charge in [0, 0.05) is 37.2 Å². The number of fused-ring (bicyclic) bond motifs is 1. The number of carbonyl (C=O) groups is 2. The van der Waals surface area contributed by atoms with Gasteiger partial charge < -0.3 is 29.2 Å². The Balaban J connectivity index is 1.19. The third-order valence-electron chi connectivity index (χ3n) is 6.62. The van der Waals surface area contributed by atoms with Crippen molar-refractivity contribution in [2.24, 2.45) is 0 Å². The fourth-order valence-corrected chi connectivity index (χ4v) is 4.65. The van der Waals surface area contributed by atoms with Crippen LogP contribution in [0.25, 0.3) is 11.1 Å². The number of carbonyl (C=O) groups excluding carboxylic acids is 2. The quantitative estimate of drug-likeness (QED) is 0.435. The Hall–Kier alpha value is -4.04. The first-order valence-electron chi connectivity index (χ1n) is 13.2. The van der Waals surface area contributed by atoms with Crippen molar-refractivity contribution in [3.05, 3.63) is 78.4 Å². The van der Waals surface area contributed by atoms with E-state index in [4.69, 9.17) is 18.9 Å². The molecule has 8 nitrogen and oxygen atoms in total. The molecule has 1 saturated heterocycles. The second kappa shape index (κ2) is 11.0. The molecule has 8 heteroatoms. The molecule has 39 heavy (non-hydrogen) atoms. The molecule has 204 valence electrons. The lowest BCUT2D eigenvalue weighted by Gasteiger charge is -2.44. The average Bonchev–Trinajstić information content (AvgIpc) is 2.92. The number of rotatable bonds is 5. The van der Waals surface area contributed by atoms with Gasteiger partial charge in [-0.2, -0.15) is 0 Å². The van der Waals surface area contributed by atoms with E-state index in [1.165, 1.54) is 0 Å². The number of amides is 2. The van der Waals surface area contributed by atoms with E-state index >= 15 is 0 Å². The van der Waals surface area contributed by atoms with Gasteiger partial charge in [-0.1, -0.05) is 36.4 Å². The first-order chi connectivity index (χ1) is 18.7. The molecule has 0 radical (unpaired) electrons. The molecular weight excluding hydrogens is 496 g/mol. The molecular formula is C31H34N2O6. The van der Waals surface area contributed by atoms with Crippen molar-refractivity contribution in [1.82, 2.24) is 4.90 Å². The maximum atomic E-state index is 12.4. The fraction of sp³-hybridized carbons (Fsp3) is 0.355. The summed E-state index contributed by atoms with van der Waals surface area (Å²) in [7, 11) is 0. The molecule has 3 aromatic carbocycles. The van der Waals surface area contributed by atoms with E-state index in [1.54, 1.807) is 4.90 Å². The van der Waals surface area contributed by atoms with Crippen LogP contribution in [0.3, 0.4) is 0 Å². The standard InChI is InChI=1S/C31H34N2O6/c1-30(2,3)39-29(35)33-16-14-31(15-17-33)37-20-24-18-23(12-13-27(24)38-31)22-8-7-11-26(19-22)36-21-28(34)32-25-9-5-4-6-10-25/h4-13,18-19H,14-17,20-21H2,1-3H3,(H,32,34). The number of nitrogens with one attached hydrogen (secondary N) is 1. The van der Waals surface area contributed by atoms with E-state index in [0.717, 1.165) is 28.1 Å². The van der Waals surface area contributed by atoms with Crippen LogP contribution in [0.4, 0.5) is 10.5 Å². The molecule has 0 bridgehead atoms. The van der Waals surface area contributed by atoms with E-state index in [2.05, 4.69) is 11.4 Å². The summed E-state index contributed by atoms with van der Waals surface area (Å²) in [6, 6.07) is 23.0. The van der Waals surface area contributed by atoms with Gasteiger partial charge in [-0.05, 0) is 68.3 Å². The zero-order chi connectivity index (χ0) is 27.5. The minimum atomic E-state index is -0.735. The first-order valence-corrected chi connectivity index (χ1v) is 13.2. The van der Waals surface area contributed by atoms with E-state index in [0.29, 0.717) is 38.3 Å². The van der Waals surface area contributed by atoms with Crippen LogP contribution < -0.4 is 14.8 Å². The first kappa shape index (κ1) is 26.6. The summed E-state index contributed by atoms with van der Waals surface area (Å²) in [6.07, 6.45) is 0.844. The number of likely N-dealkylation sites (tertiary alicyclic amines) is 1. The highest BCUT2D eigenvalue weighted by atomic mass is 16.7. The van der Waals surface area contributed by atoms with E-state index in [1.807, 2.05) is 87.5 Å². The summed E-state index contributed by atoms with van der Waals surface area (Å²) in [5, 5.41) is 2.82. The van der Waals surface area contributed by atoms with Crippen molar-refractivity contribution in [3.63, 3.8) is 0 Å². The lowest BCUT2D eigenvalue weighted by Crippen LogP contribution is -2.53. The molecule has 2 aliphatic rings. The largest absolute Gasteiger partial charge is 0.484 e. The van der Waals surface area contributed by atoms with Crippen LogP contribution in [0.15, 0.2) is 72.8 Å². The summed E-state index contributed by atoms with van der Waals surface area (Å²) >= 11 is 0. The van der Waals surface area contributed by atoms with E-state index < -0.39 is 11.4 Å². The summed E-state index contributed by atoms with van der Waals surface area (Å²) in [6.45, 7) is 6.96. The van der Waals surface area contributed by atoms with Gasteiger partial charge in [-0.25, -0.2) is 4.79 Å². The summed E-state index contributed by atoms with van der Waals surface area (Å²) in [4.78, 5) is 26.4. The monoisotopic (exact) mass is 530 g/mol. The smallest absolute Gasteiger partial charge is 0.410 e. The Morgan fingerprint density at radius 1 is 0.949 bits per heavy atom.